The third-order valence-corrected chi connectivity index (χ3v) is 6.00. The molecule has 1 unspecified atom stereocenters. The van der Waals surface area contributed by atoms with E-state index in [1.54, 1.807) is 36.0 Å². The second-order valence-electron chi connectivity index (χ2n) is 9.41. The minimum absolute atomic E-state index is 0.0430. The summed E-state index contributed by atoms with van der Waals surface area (Å²) in [6, 6.07) is 10.8. The Balaban J connectivity index is 1.57. The van der Waals surface area contributed by atoms with E-state index in [2.05, 4.69) is 34.8 Å². The van der Waals surface area contributed by atoms with Gasteiger partial charge in [0, 0.05) is 44.1 Å². The van der Waals surface area contributed by atoms with Gasteiger partial charge < -0.3 is 18.9 Å². The number of ether oxygens (including phenoxy) is 2. The molecule has 0 spiro atoms. The van der Waals surface area contributed by atoms with Gasteiger partial charge in [0.15, 0.2) is 0 Å². The first-order valence-electron chi connectivity index (χ1n) is 11.1. The molecule has 0 aliphatic carbocycles. The first-order valence-corrected chi connectivity index (χ1v) is 11.1. The largest absolute Gasteiger partial charge is 0.489 e. The topological polar surface area (TPSA) is 93.3 Å². The summed E-state index contributed by atoms with van der Waals surface area (Å²) < 4.78 is 13.5. The molecule has 3 aromatic rings. The molecule has 1 aliphatic rings. The summed E-state index contributed by atoms with van der Waals surface area (Å²) in [5.41, 5.74) is 2.14. The van der Waals surface area contributed by atoms with Gasteiger partial charge in [0.05, 0.1) is 23.5 Å². The molecule has 0 saturated carbocycles. The lowest BCUT2D eigenvalue weighted by Crippen LogP contribution is -2.51. The molecule has 8 heteroatoms. The monoisotopic (exact) mass is 447 g/mol. The van der Waals surface area contributed by atoms with Crippen molar-refractivity contribution in [3.05, 3.63) is 52.6 Å². The second-order valence-corrected chi connectivity index (χ2v) is 9.41. The van der Waals surface area contributed by atoms with Gasteiger partial charge in [-0.25, -0.2) is 9.97 Å². The number of hydrogen-bond acceptors (Lipinski definition) is 7. The van der Waals surface area contributed by atoms with Gasteiger partial charge in [-0.3, -0.25) is 4.79 Å². The van der Waals surface area contributed by atoms with Crippen molar-refractivity contribution >= 4 is 16.7 Å². The standard InChI is InChI=1S/C25H29N5O3/c1-16(2)32-18-7-9-22(27-14-18)33-21-10-11-30(15-25(21,3)4)20-12-23(31)29(5)19-8-6-17(13-26)28-24(19)20/h6-9,12,14,16,21H,10-11,15H2,1-5H3. The summed E-state index contributed by atoms with van der Waals surface area (Å²) in [4.78, 5) is 23.7. The van der Waals surface area contributed by atoms with Crippen LogP contribution in [0, 0.1) is 16.7 Å². The first-order chi connectivity index (χ1) is 15.7. The highest BCUT2D eigenvalue weighted by molar-refractivity contribution is 5.88. The Kier molecular flexibility index (Phi) is 5.98. The van der Waals surface area contributed by atoms with E-state index >= 15 is 0 Å². The number of nitrogens with zero attached hydrogens (tertiary/aromatic N) is 5. The molecule has 4 heterocycles. The minimum Gasteiger partial charge on any atom is -0.489 e. The third kappa shape index (κ3) is 4.63. The predicted octanol–water partition coefficient (Wildman–Crippen LogP) is 3.67. The molecule has 1 saturated heterocycles. The van der Waals surface area contributed by atoms with Crippen molar-refractivity contribution in [3.8, 4) is 17.7 Å². The van der Waals surface area contributed by atoms with Gasteiger partial charge in [-0.1, -0.05) is 13.8 Å². The van der Waals surface area contributed by atoms with Crippen molar-refractivity contribution in [1.29, 1.82) is 5.26 Å². The number of fused-ring (bicyclic) bond motifs is 1. The lowest BCUT2D eigenvalue weighted by atomic mass is 9.80. The van der Waals surface area contributed by atoms with Crippen LogP contribution in [0.1, 0.15) is 39.8 Å². The SMILES string of the molecule is CC(C)Oc1ccc(OC2CCN(c3cc(=O)n(C)c4ccc(C#N)nc34)CC2(C)C)nc1. The molecule has 0 amide bonds. The number of piperidine rings is 1. The zero-order chi connectivity index (χ0) is 23.8. The van der Waals surface area contributed by atoms with E-state index in [9.17, 15) is 10.1 Å². The van der Waals surface area contributed by atoms with Crippen molar-refractivity contribution in [2.24, 2.45) is 12.5 Å². The van der Waals surface area contributed by atoms with E-state index in [1.165, 1.54) is 0 Å². The van der Waals surface area contributed by atoms with Crippen LogP contribution >= 0.6 is 0 Å². The molecule has 1 aliphatic heterocycles. The molecule has 8 nitrogen and oxygen atoms in total. The number of hydrogen-bond donors (Lipinski definition) is 0. The summed E-state index contributed by atoms with van der Waals surface area (Å²) in [7, 11) is 1.72. The fraction of sp³-hybridized carbons (Fsp3) is 0.440. The van der Waals surface area contributed by atoms with Crippen LogP contribution < -0.4 is 19.9 Å². The van der Waals surface area contributed by atoms with Gasteiger partial charge in [0.1, 0.15) is 29.1 Å². The fourth-order valence-electron chi connectivity index (χ4n) is 4.30. The Bertz CT molecular complexity index is 1260. The number of rotatable bonds is 5. The van der Waals surface area contributed by atoms with Crippen molar-refractivity contribution in [2.75, 3.05) is 18.0 Å². The molecule has 3 aromatic heterocycles. The number of anilines is 1. The van der Waals surface area contributed by atoms with Crippen molar-refractivity contribution in [1.82, 2.24) is 14.5 Å². The molecule has 0 aromatic carbocycles. The van der Waals surface area contributed by atoms with E-state index < -0.39 is 0 Å². The Labute approximate surface area is 193 Å². The average molecular weight is 448 g/mol. The molecule has 0 bridgehead atoms. The van der Waals surface area contributed by atoms with Crippen LogP contribution in [0.2, 0.25) is 0 Å². The molecule has 172 valence electrons. The molecule has 1 fully saturated rings. The number of nitriles is 1. The van der Waals surface area contributed by atoms with Crippen molar-refractivity contribution < 1.29 is 9.47 Å². The van der Waals surface area contributed by atoms with Gasteiger partial charge in [0.25, 0.3) is 5.56 Å². The van der Waals surface area contributed by atoms with Crippen LogP contribution in [0.4, 0.5) is 5.69 Å². The highest BCUT2D eigenvalue weighted by atomic mass is 16.5. The van der Waals surface area contributed by atoms with Gasteiger partial charge in [-0.05, 0) is 32.0 Å². The third-order valence-electron chi connectivity index (χ3n) is 6.00. The first kappa shape index (κ1) is 22.6. The van der Waals surface area contributed by atoms with Crippen LogP contribution in [0.5, 0.6) is 11.6 Å². The molecule has 0 N–H and O–H groups in total. The Morgan fingerprint density at radius 2 is 2.03 bits per heavy atom. The summed E-state index contributed by atoms with van der Waals surface area (Å²) in [5, 5.41) is 9.32. The van der Waals surface area contributed by atoms with Crippen LogP contribution in [-0.2, 0) is 7.05 Å². The van der Waals surface area contributed by atoms with Gasteiger partial charge in [-0.15, -0.1) is 0 Å². The Morgan fingerprint density at radius 3 is 2.67 bits per heavy atom. The second kappa shape index (κ2) is 8.74. The smallest absolute Gasteiger partial charge is 0.252 e. The van der Waals surface area contributed by atoms with Crippen LogP contribution in [0.15, 0.2) is 41.3 Å². The van der Waals surface area contributed by atoms with E-state index in [4.69, 9.17) is 9.47 Å². The molecule has 0 radical (unpaired) electrons. The van der Waals surface area contributed by atoms with E-state index in [-0.39, 0.29) is 23.2 Å². The predicted molar refractivity (Wildman–Crippen MR) is 127 cm³/mol. The van der Waals surface area contributed by atoms with E-state index in [1.807, 2.05) is 26.0 Å². The number of aryl methyl sites for hydroxylation is 1. The maximum Gasteiger partial charge on any atom is 0.252 e. The van der Waals surface area contributed by atoms with Crippen molar-refractivity contribution in [3.63, 3.8) is 0 Å². The minimum atomic E-state index is -0.215. The maximum atomic E-state index is 12.6. The highest BCUT2D eigenvalue weighted by Crippen LogP contribution is 2.36. The zero-order valence-electron chi connectivity index (χ0n) is 19.7. The fourth-order valence-corrected chi connectivity index (χ4v) is 4.30. The Morgan fingerprint density at radius 1 is 1.24 bits per heavy atom. The molecular weight excluding hydrogens is 418 g/mol. The molecular formula is C25H29N5O3. The lowest BCUT2D eigenvalue weighted by Gasteiger charge is -2.44. The molecule has 1 atom stereocenters. The summed E-state index contributed by atoms with van der Waals surface area (Å²) in [6.45, 7) is 9.62. The lowest BCUT2D eigenvalue weighted by molar-refractivity contribution is 0.0512. The highest BCUT2D eigenvalue weighted by Gasteiger charge is 2.38. The quantitative estimate of drug-likeness (QED) is 0.589. The Hall–Kier alpha value is -3.60. The summed E-state index contributed by atoms with van der Waals surface area (Å²) in [5.74, 6) is 1.28. The molecule has 33 heavy (non-hydrogen) atoms. The molecule has 4 rings (SSSR count). The zero-order valence-corrected chi connectivity index (χ0v) is 19.7. The summed E-state index contributed by atoms with van der Waals surface area (Å²) >= 11 is 0. The summed E-state index contributed by atoms with van der Waals surface area (Å²) in [6.07, 6.45) is 2.49. The maximum absolute atomic E-state index is 12.6. The van der Waals surface area contributed by atoms with E-state index in [0.717, 1.165) is 12.1 Å². The number of pyridine rings is 3. The van der Waals surface area contributed by atoms with Crippen LogP contribution in [-0.4, -0.2) is 39.8 Å². The normalized spacial score (nSPS) is 17.7. The van der Waals surface area contributed by atoms with Crippen molar-refractivity contribution in [2.45, 2.75) is 46.3 Å². The van der Waals surface area contributed by atoms with Gasteiger partial charge in [-0.2, -0.15) is 5.26 Å². The van der Waals surface area contributed by atoms with Gasteiger partial charge >= 0.3 is 0 Å². The van der Waals surface area contributed by atoms with Crippen LogP contribution in [0.3, 0.4) is 0 Å². The average Bonchev–Trinajstić information content (AvgIpc) is 2.78. The number of aromatic nitrogens is 3. The van der Waals surface area contributed by atoms with E-state index in [0.29, 0.717) is 41.4 Å². The van der Waals surface area contributed by atoms with Crippen LogP contribution in [0.25, 0.3) is 11.0 Å². The van der Waals surface area contributed by atoms with Gasteiger partial charge in [0.2, 0.25) is 5.88 Å².